The lowest BCUT2D eigenvalue weighted by Gasteiger charge is -2.26. The van der Waals surface area contributed by atoms with Crippen LogP contribution >= 0.6 is 0 Å². The van der Waals surface area contributed by atoms with E-state index in [1.165, 1.54) is 5.56 Å². The lowest BCUT2D eigenvalue weighted by molar-refractivity contribution is -0.127. The van der Waals surface area contributed by atoms with Crippen LogP contribution in [0.25, 0.3) is 0 Å². The molecule has 1 aromatic carbocycles. The Morgan fingerprint density at radius 1 is 1.29 bits per heavy atom. The molecule has 1 aliphatic heterocycles. The molecule has 1 heterocycles. The fourth-order valence-corrected chi connectivity index (χ4v) is 2.85. The molecule has 0 saturated carbocycles. The Morgan fingerprint density at radius 3 is 2.71 bits per heavy atom. The molecular weight excluding hydrogens is 304 g/mol. The number of ether oxygens (including phenoxy) is 2. The number of hydrogen-bond acceptors (Lipinski definition) is 4. The molecule has 0 aromatic heterocycles. The molecule has 1 fully saturated rings. The number of aryl methyl sites for hydroxylation is 2. The van der Waals surface area contributed by atoms with E-state index < -0.39 is 6.10 Å². The minimum Gasteiger partial charge on any atom is -0.481 e. The fourth-order valence-electron chi connectivity index (χ4n) is 2.85. The third-order valence-corrected chi connectivity index (χ3v) is 4.49. The number of rotatable bonds is 7. The quantitative estimate of drug-likeness (QED) is 0.777. The van der Waals surface area contributed by atoms with Crippen LogP contribution in [-0.2, 0) is 9.53 Å². The molecule has 1 aliphatic rings. The van der Waals surface area contributed by atoms with Crippen molar-refractivity contribution in [2.45, 2.75) is 40.2 Å². The first-order chi connectivity index (χ1) is 11.5. The zero-order chi connectivity index (χ0) is 17.5. The van der Waals surface area contributed by atoms with E-state index in [1.54, 1.807) is 6.92 Å². The van der Waals surface area contributed by atoms with Crippen LogP contribution in [0.4, 0.5) is 0 Å². The molecule has 0 radical (unpaired) electrons. The largest absolute Gasteiger partial charge is 0.481 e. The lowest BCUT2D eigenvalue weighted by atomic mass is 10.1. The summed E-state index contributed by atoms with van der Waals surface area (Å²) in [7, 11) is 0. The topological polar surface area (TPSA) is 50.8 Å². The van der Waals surface area contributed by atoms with E-state index in [0.29, 0.717) is 6.54 Å². The van der Waals surface area contributed by atoms with Crippen molar-refractivity contribution in [1.82, 2.24) is 10.2 Å². The van der Waals surface area contributed by atoms with Crippen LogP contribution in [0.15, 0.2) is 12.1 Å². The Morgan fingerprint density at radius 2 is 2.00 bits per heavy atom. The summed E-state index contributed by atoms with van der Waals surface area (Å²) < 4.78 is 11.2. The van der Waals surface area contributed by atoms with Crippen molar-refractivity contribution in [3.8, 4) is 5.75 Å². The number of hydrogen-bond donors (Lipinski definition) is 1. The van der Waals surface area contributed by atoms with Gasteiger partial charge in [0.25, 0.3) is 5.91 Å². The highest BCUT2D eigenvalue weighted by atomic mass is 16.5. The van der Waals surface area contributed by atoms with Crippen molar-refractivity contribution in [3.63, 3.8) is 0 Å². The average Bonchev–Trinajstić information content (AvgIpc) is 2.56. The molecule has 0 unspecified atom stereocenters. The van der Waals surface area contributed by atoms with Gasteiger partial charge in [0.1, 0.15) is 5.75 Å². The molecule has 1 N–H and O–H groups in total. The van der Waals surface area contributed by atoms with E-state index in [9.17, 15) is 4.79 Å². The normalized spacial score (nSPS) is 16.7. The van der Waals surface area contributed by atoms with Gasteiger partial charge in [-0.1, -0.05) is 6.07 Å². The maximum atomic E-state index is 12.2. The summed E-state index contributed by atoms with van der Waals surface area (Å²) in [5, 5.41) is 2.97. The molecular formula is C19H30N2O3. The van der Waals surface area contributed by atoms with Crippen LogP contribution in [0.1, 0.15) is 30.0 Å². The maximum absolute atomic E-state index is 12.2. The van der Waals surface area contributed by atoms with Gasteiger partial charge in [-0.3, -0.25) is 9.69 Å². The molecule has 1 aromatic rings. The highest BCUT2D eigenvalue weighted by Crippen LogP contribution is 2.24. The number of morpholine rings is 1. The second kappa shape index (κ2) is 9.04. The summed E-state index contributed by atoms with van der Waals surface area (Å²) in [6.07, 6.45) is 0.453. The first-order valence-corrected chi connectivity index (χ1v) is 8.79. The molecule has 0 spiro atoms. The summed E-state index contributed by atoms with van der Waals surface area (Å²) in [4.78, 5) is 14.6. The monoisotopic (exact) mass is 334 g/mol. The molecule has 134 valence electrons. The zero-order valence-electron chi connectivity index (χ0n) is 15.4. The van der Waals surface area contributed by atoms with Gasteiger partial charge in [0.15, 0.2) is 6.10 Å². The van der Waals surface area contributed by atoms with Gasteiger partial charge in [-0.05, 0) is 63.4 Å². The zero-order valence-corrected chi connectivity index (χ0v) is 15.4. The third kappa shape index (κ3) is 5.49. The van der Waals surface area contributed by atoms with Crippen molar-refractivity contribution in [1.29, 1.82) is 0 Å². The van der Waals surface area contributed by atoms with Gasteiger partial charge in [0.05, 0.1) is 13.2 Å². The van der Waals surface area contributed by atoms with Crippen LogP contribution in [-0.4, -0.2) is 56.3 Å². The number of benzene rings is 1. The second-order valence-corrected chi connectivity index (χ2v) is 6.56. The van der Waals surface area contributed by atoms with Crippen LogP contribution in [0, 0.1) is 20.8 Å². The van der Waals surface area contributed by atoms with Crippen molar-refractivity contribution < 1.29 is 14.3 Å². The van der Waals surface area contributed by atoms with E-state index in [-0.39, 0.29) is 5.91 Å². The Kier molecular flexibility index (Phi) is 7.06. The maximum Gasteiger partial charge on any atom is 0.260 e. The summed E-state index contributed by atoms with van der Waals surface area (Å²) in [6, 6.07) is 4.11. The van der Waals surface area contributed by atoms with Crippen molar-refractivity contribution in [2.24, 2.45) is 0 Å². The number of nitrogens with zero attached hydrogens (tertiary/aromatic N) is 1. The highest BCUT2D eigenvalue weighted by Gasteiger charge is 2.16. The summed E-state index contributed by atoms with van der Waals surface area (Å²) in [5.41, 5.74) is 3.42. The summed E-state index contributed by atoms with van der Waals surface area (Å²) >= 11 is 0. The van der Waals surface area contributed by atoms with Gasteiger partial charge in [-0.2, -0.15) is 0 Å². The van der Waals surface area contributed by atoms with Gasteiger partial charge in [-0.25, -0.2) is 0 Å². The standard InChI is InChI=1S/C19H30N2O3/c1-14-12-15(2)16(3)18(13-14)24-17(4)19(22)20-6-5-7-21-8-10-23-11-9-21/h12-13,17H,5-11H2,1-4H3,(H,20,22)/t17-/m1/s1. The van der Waals surface area contributed by atoms with Crippen LogP contribution in [0.5, 0.6) is 5.75 Å². The Balaban J connectivity index is 1.74. The van der Waals surface area contributed by atoms with Crippen LogP contribution in [0.3, 0.4) is 0 Å². The molecule has 1 saturated heterocycles. The first kappa shape index (κ1) is 18.7. The second-order valence-electron chi connectivity index (χ2n) is 6.56. The van der Waals surface area contributed by atoms with Gasteiger partial charge < -0.3 is 14.8 Å². The minimum absolute atomic E-state index is 0.0597. The highest BCUT2D eigenvalue weighted by molar-refractivity contribution is 5.80. The van der Waals surface area contributed by atoms with Crippen molar-refractivity contribution in [3.05, 3.63) is 28.8 Å². The lowest BCUT2D eigenvalue weighted by Crippen LogP contribution is -2.40. The van der Waals surface area contributed by atoms with Crippen molar-refractivity contribution in [2.75, 3.05) is 39.4 Å². The molecule has 2 rings (SSSR count). The van der Waals surface area contributed by atoms with E-state index in [1.807, 2.05) is 19.9 Å². The molecule has 5 nitrogen and oxygen atoms in total. The molecule has 24 heavy (non-hydrogen) atoms. The smallest absolute Gasteiger partial charge is 0.260 e. The van der Waals surface area contributed by atoms with E-state index in [4.69, 9.17) is 9.47 Å². The first-order valence-electron chi connectivity index (χ1n) is 8.79. The van der Waals surface area contributed by atoms with Gasteiger partial charge in [-0.15, -0.1) is 0 Å². The average molecular weight is 334 g/mol. The summed E-state index contributed by atoms with van der Waals surface area (Å²) in [5.74, 6) is 0.735. The Hall–Kier alpha value is -1.59. The molecule has 1 atom stereocenters. The molecule has 5 heteroatoms. The predicted octanol–water partition coefficient (Wildman–Crippen LogP) is 2.22. The van der Waals surface area contributed by atoms with E-state index in [2.05, 4.69) is 23.2 Å². The summed E-state index contributed by atoms with van der Waals surface area (Å²) in [6.45, 7) is 13.2. The Labute approximate surface area is 145 Å². The molecule has 1 amide bonds. The van der Waals surface area contributed by atoms with Crippen molar-refractivity contribution >= 4 is 5.91 Å². The molecule has 0 bridgehead atoms. The number of nitrogens with one attached hydrogen (secondary N) is 1. The van der Waals surface area contributed by atoms with Crippen LogP contribution < -0.4 is 10.1 Å². The number of amides is 1. The van der Waals surface area contributed by atoms with Crippen LogP contribution in [0.2, 0.25) is 0 Å². The minimum atomic E-state index is -0.492. The SMILES string of the molecule is Cc1cc(C)c(C)c(O[C@H](C)C(=O)NCCCN2CCOCC2)c1. The van der Waals surface area contributed by atoms with Gasteiger partial charge >= 0.3 is 0 Å². The number of carbonyl (C=O) groups is 1. The predicted molar refractivity (Wildman–Crippen MR) is 95.6 cm³/mol. The van der Waals surface area contributed by atoms with Gasteiger partial charge in [0.2, 0.25) is 0 Å². The van der Waals surface area contributed by atoms with Gasteiger partial charge in [0, 0.05) is 19.6 Å². The molecule has 0 aliphatic carbocycles. The number of carbonyl (C=O) groups excluding carboxylic acids is 1. The third-order valence-electron chi connectivity index (χ3n) is 4.49. The van der Waals surface area contributed by atoms with E-state index in [0.717, 1.165) is 56.1 Å². The van der Waals surface area contributed by atoms with E-state index >= 15 is 0 Å². The Bertz CT molecular complexity index is 554. The fraction of sp³-hybridized carbons (Fsp3) is 0.632.